The molecule has 0 saturated carbocycles. The molecular formula is C10H16N2O. The Kier molecular flexibility index (Phi) is 3.42. The van der Waals surface area contributed by atoms with E-state index in [0.29, 0.717) is 13.0 Å². The molecule has 0 spiro atoms. The first-order valence-electron chi connectivity index (χ1n) is 4.36. The predicted molar refractivity (Wildman–Crippen MR) is 52.7 cm³/mol. The fraction of sp³-hybridized carbons (Fsp3) is 0.400. The first-order chi connectivity index (χ1) is 6.23. The van der Waals surface area contributed by atoms with E-state index in [2.05, 4.69) is 0 Å². The van der Waals surface area contributed by atoms with Gasteiger partial charge in [0.25, 0.3) is 0 Å². The first-order valence-corrected chi connectivity index (χ1v) is 4.36. The maximum Gasteiger partial charge on any atom is 0.113 e. The van der Waals surface area contributed by atoms with Gasteiger partial charge in [-0.05, 0) is 25.5 Å². The molecular weight excluding hydrogens is 164 g/mol. The molecule has 0 heterocycles. The number of benzene rings is 1. The lowest BCUT2D eigenvalue weighted by atomic mass is 9.93. The van der Waals surface area contributed by atoms with Crippen LogP contribution in [0.2, 0.25) is 0 Å². The van der Waals surface area contributed by atoms with E-state index >= 15 is 0 Å². The summed E-state index contributed by atoms with van der Waals surface area (Å²) in [6.45, 7) is 2.50. The van der Waals surface area contributed by atoms with Gasteiger partial charge in [0.05, 0.1) is 0 Å². The zero-order valence-corrected chi connectivity index (χ0v) is 7.86. The Morgan fingerprint density at radius 3 is 2.38 bits per heavy atom. The quantitative estimate of drug-likeness (QED) is 0.683. The molecule has 1 rings (SSSR count). The number of rotatable bonds is 4. The van der Waals surface area contributed by atoms with E-state index in [1.807, 2.05) is 37.3 Å². The minimum Gasteiger partial charge on any atom is -0.330 e. The van der Waals surface area contributed by atoms with Crippen molar-refractivity contribution in [3.63, 3.8) is 0 Å². The third kappa shape index (κ3) is 2.28. The zero-order chi connectivity index (χ0) is 9.73. The molecule has 0 radical (unpaired) electrons. The van der Waals surface area contributed by atoms with Crippen LogP contribution in [-0.2, 0) is 10.4 Å². The first kappa shape index (κ1) is 10.2. The fourth-order valence-electron chi connectivity index (χ4n) is 1.34. The van der Waals surface area contributed by atoms with Crippen molar-refractivity contribution in [1.82, 2.24) is 0 Å². The normalized spacial score (nSPS) is 15.3. The maximum atomic E-state index is 5.49. The lowest BCUT2D eigenvalue weighted by Crippen LogP contribution is -2.31. The molecule has 1 aromatic carbocycles. The van der Waals surface area contributed by atoms with Gasteiger partial charge in [-0.3, -0.25) is 4.84 Å². The molecule has 0 bridgehead atoms. The second-order valence-corrected chi connectivity index (χ2v) is 3.25. The van der Waals surface area contributed by atoms with Crippen LogP contribution in [0.15, 0.2) is 30.3 Å². The van der Waals surface area contributed by atoms with Crippen molar-refractivity contribution in [2.24, 2.45) is 11.6 Å². The van der Waals surface area contributed by atoms with Crippen LogP contribution < -0.4 is 11.6 Å². The SMILES string of the molecule is CC(CCN)(ON)c1ccccc1. The molecule has 0 aliphatic heterocycles. The third-order valence-electron chi connectivity index (χ3n) is 2.27. The summed E-state index contributed by atoms with van der Waals surface area (Å²) in [5, 5.41) is 0. The minimum atomic E-state index is -0.462. The average molecular weight is 180 g/mol. The molecule has 0 aromatic heterocycles. The van der Waals surface area contributed by atoms with Gasteiger partial charge in [-0.2, -0.15) is 0 Å². The molecule has 0 aliphatic carbocycles. The molecule has 1 aromatic rings. The van der Waals surface area contributed by atoms with Gasteiger partial charge in [0.2, 0.25) is 0 Å². The van der Waals surface area contributed by atoms with Crippen LogP contribution in [0.1, 0.15) is 18.9 Å². The van der Waals surface area contributed by atoms with Gasteiger partial charge in [-0.15, -0.1) is 0 Å². The second-order valence-electron chi connectivity index (χ2n) is 3.25. The smallest absolute Gasteiger partial charge is 0.113 e. The monoisotopic (exact) mass is 180 g/mol. The average Bonchev–Trinajstić information content (AvgIpc) is 2.19. The van der Waals surface area contributed by atoms with E-state index < -0.39 is 5.60 Å². The van der Waals surface area contributed by atoms with Gasteiger partial charge in [-0.25, -0.2) is 5.90 Å². The highest BCUT2D eigenvalue weighted by Crippen LogP contribution is 2.26. The largest absolute Gasteiger partial charge is 0.330 e. The summed E-state index contributed by atoms with van der Waals surface area (Å²) >= 11 is 0. The molecule has 13 heavy (non-hydrogen) atoms. The van der Waals surface area contributed by atoms with E-state index in [4.69, 9.17) is 16.5 Å². The summed E-state index contributed by atoms with van der Waals surface area (Å²) in [5.41, 5.74) is 6.09. The summed E-state index contributed by atoms with van der Waals surface area (Å²) in [6, 6.07) is 9.86. The Balaban J connectivity index is 2.89. The Labute approximate surface area is 78.6 Å². The van der Waals surface area contributed by atoms with Crippen LogP contribution in [0.3, 0.4) is 0 Å². The Bertz CT molecular complexity index is 250. The van der Waals surface area contributed by atoms with Gasteiger partial charge in [0.15, 0.2) is 0 Å². The summed E-state index contributed by atoms with van der Waals surface area (Å²) in [6.07, 6.45) is 0.716. The van der Waals surface area contributed by atoms with Crippen molar-refractivity contribution < 1.29 is 4.84 Å². The molecule has 0 aliphatic rings. The van der Waals surface area contributed by atoms with Crippen LogP contribution in [-0.4, -0.2) is 6.54 Å². The third-order valence-corrected chi connectivity index (χ3v) is 2.27. The van der Waals surface area contributed by atoms with E-state index in [1.165, 1.54) is 0 Å². The van der Waals surface area contributed by atoms with Gasteiger partial charge < -0.3 is 5.73 Å². The van der Waals surface area contributed by atoms with Crippen molar-refractivity contribution >= 4 is 0 Å². The van der Waals surface area contributed by atoms with Gasteiger partial charge >= 0.3 is 0 Å². The standard InChI is InChI=1S/C10H16N2O/c1-10(13-12,7-8-11)9-5-3-2-4-6-9/h2-6H,7-8,11-12H2,1H3. The molecule has 1 unspecified atom stereocenters. The Morgan fingerprint density at radius 2 is 1.92 bits per heavy atom. The highest BCUT2D eigenvalue weighted by atomic mass is 16.6. The van der Waals surface area contributed by atoms with E-state index in [1.54, 1.807) is 0 Å². The highest BCUT2D eigenvalue weighted by molar-refractivity contribution is 5.21. The molecule has 0 amide bonds. The van der Waals surface area contributed by atoms with Crippen LogP contribution >= 0.6 is 0 Å². The predicted octanol–water partition coefficient (Wildman–Crippen LogP) is 1.14. The molecule has 0 fully saturated rings. The molecule has 72 valence electrons. The van der Waals surface area contributed by atoms with E-state index in [-0.39, 0.29) is 0 Å². The summed E-state index contributed by atoms with van der Waals surface area (Å²) in [7, 11) is 0. The van der Waals surface area contributed by atoms with Crippen LogP contribution in [0.4, 0.5) is 0 Å². The molecule has 3 heteroatoms. The fourth-order valence-corrected chi connectivity index (χ4v) is 1.34. The zero-order valence-electron chi connectivity index (χ0n) is 7.86. The van der Waals surface area contributed by atoms with Gasteiger partial charge in [0.1, 0.15) is 5.60 Å². The Hall–Kier alpha value is -0.900. The number of hydrogen-bond acceptors (Lipinski definition) is 3. The number of hydrogen-bond donors (Lipinski definition) is 2. The van der Waals surface area contributed by atoms with Crippen molar-refractivity contribution in [3.8, 4) is 0 Å². The lowest BCUT2D eigenvalue weighted by Gasteiger charge is -2.26. The van der Waals surface area contributed by atoms with Crippen LogP contribution in [0.5, 0.6) is 0 Å². The van der Waals surface area contributed by atoms with E-state index in [0.717, 1.165) is 5.56 Å². The lowest BCUT2D eigenvalue weighted by molar-refractivity contribution is -0.0432. The van der Waals surface area contributed by atoms with Crippen molar-refractivity contribution in [2.75, 3.05) is 6.54 Å². The number of nitrogens with two attached hydrogens (primary N) is 2. The van der Waals surface area contributed by atoms with Crippen LogP contribution in [0.25, 0.3) is 0 Å². The topological polar surface area (TPSA) is 61.3 Å². The van der Waals surface area contributed by atoms with E-state index in [9.17, 15) is 0 Å². The summed E-state index contributed by atoms with van der Waals surface area (Å²) < 4.78 is 0. The highest BCUT2D eigenvalue weighted by Gasteiger charge is 2.25. The second kappa shape index (κ2) is 4.37. The molecule has 3 nitrogen and oxygen atoms in total. The van der Waals surface area contributed by atoms with Crippen molar-refractivity contribution in [1.29, 1.82) is 0 Å². The van der Waals surface area contributed by atoms with Crippen molar-refractivity contribution in [2.45, 2.75) is 18.9 Å². The molecule has 0 saturated heterocycles. The van der Waals surface area contributed by atoms with Crippen LogP contribution in [0, 0.1) is 0 Å². The Morgan fingerprint density at radius 1 is 1.31 bits per heavy atom. The van der Waals surface area contributed by atoms with Gasteiger partial charge in [0, 0.05) is 0 Å². The molecule has 1 atom stereocenters. The maximum absolute atomic E-state index is 5.49. The summed E-state index contributed by atoms with van der Waals surface area (Å²) in [4.78, 5) is 4.98. The summed E-state index contributed by atoms with van der Waals surface area (Å²) in [5.74, 6) is 5.27. The van der Waals surface area contributed by atoms with Gasteiger partial charge in [-0.1, -0.05) is 30.3 Å². The van der Waals surface area contributed by atoms with Crippen molar-refractivity contribution in [3.05, 3.63) is 35.9 Å². The minimum absolute atomic E-state index is 0.462. The molecule has 4 N–H and O–H groups in total.